The van der Waals surface area contributed by atoms with Crippen molar-refractivity contribution in [2.24, 2.45) is 18.4 Å². The molecule has 3 heterocycles. The minimum atomic E-state index is 0.0747. The van der Waals surface area contributed by atoms with Gasteiger partial charge in [0.25, 0.3) is 5.91 Å². The molecule has 0 bridgehead atoms. The van der Waals surface area contributed by atoms with Gasteiger partial charge in [0.15, 0.2) is 5.82 Å². The number of nitrogens with zero attached hydrogens (tertiary/aromatic N) is 5. The second kappa shape index (κ2) is 6.65. The molecule has 2 aromatic rings. The Balaban J connectivity index is 1.87. The van der Waals surface area contributed by atoms with Crippen molar-refractivity contribution in [1.29, 1.82) is 0 Å². The van der Waals surface area contributed by atoms with Gasteiger partial charge in [-0.2, -0.15) is 10.2 Å². The van der Waals surface area contributed by atoms with E-state index in [0.29, 0.717) is 16.9 Å². The van der Waals surface area contributed by atoms with Crippen LogP contribution in [0.2, 0.25) is 0 Å². The van der Waals surface area contributed by atoms with Crippen LogP contribution in [0.4, 0.5) is 0 Å². The lowest BCUT2D eigenvalue weighted by Crippen LogP contribution is -2.33. The molecule has 1 aliphatic heterocycles. The highest BCUT2D eigenvalue weighted by molar-refractivity contribution is 5.98. The number of aromatic nitrogens is 4. The van der Waals surface area contributed by atoms with Crippen LogP contribution in [0, 0.1) is 18.3 Å². The molecule has 1 atom stereocenters. The topological polar surface area (TPSA) is 56.0 Å². The number of carbonyl (C=O) groups excluding carboxylic acids is 1. The summed E-state index contributed by atoms with van der Waals surface area (Å²) in [5.41, 5.74) is 1.72. The maximum absolute atomic E-state index is 13.3. The van der Waals surface area contributed by atoms with Crippen molar-refractivity contribution < 1.29 is 4.79 Å². The maximum Gasteiger partial charge on any atom is 0.259 e. The lowest BCUT2D eigenvalue weighted by molar-refractivity contribution is 0.0754. The number of carbonyl (C=O) groups is 1. The number of likely N-dealkylation sites (tertiary alicyclic amines) is 1. The molecule has 1 fully saturated rings. The van der Waals surface area contributed by atoms with Gasteiger partial charge in [-0.3, -0.25) is 4.79 Å². The Labute approximate surface area is 149 Å². The number of hydrogen-bond donors (Lipinski definition) is 0. The van der Waals surface area contributed by atoms with Crippen LogP contribution < -0.4 is 0 Å². The van der Waals surface area contributed by atoms with E-state index in [-0.39, 0.29) is 5.91 Å². The monoisotopic (exact) mass is 343 g/mol. The van der Waals surface area contributed by atoms with Crippen LogP contribution in [0.3, 0.4) is 0 Å². The summed E-state index contributed by atoms with van der Waals surface area (Å²) in [7, 11) is 1.86. The van der Waals surface area contributed by atoms with Gasteiger partial charge in [0.1, 0.15) is 5.56 Å². The average Bonchev–Trinajstić information content (AvgIpc) is 3.04. The van der Waals surface area contributed by atoms with E-state index in [1.807, 2.05) is 31.1 Å². The van der Waals surface area contributed by atoms with Gasteiger partial charge in [0.2, 0.25) is 0 Å². The summed E-state index contributed by atoms with van der Waals surface area (Å²) in [6.45, 7) is 10.4. The Kier molecular flexibility index (Phi) is 4.71. The van der Waals surface area contributed by atoms with Crippen molar-refractivity contribution in [2.75, 3.05) is 13.1 Å². The quantitative estimate of drug-likeness (QED) is 0.841. The molecule has 0 radical (unpaired) electrons. The van der Waals surface area contributed by atoms with Crippen LogP contribution >= 0.6 is 0 Å². The van der Waals surface area contributed by atoms with E-state index in [9.17, 15) is 4.79 Å². The number of rotatable bonds is 2. The first-order valence-electron chi connectivity index (χ1n) is 9.12. The number of amides is 1. The molecule has 1 aliphatic rings. The van der Waals surface area contributed by atoms with Gasteiger partial charge in [-0.25, -0.2) is 9.36 Å². The maximum atomic E-state index is 13.3. The van der Waals surface area contributed by atoms with Gasteiger partial charge in [0, 0.05) is 32.5 Å². The molecule has 1 saturated heterocycles. The molecule has 0 unspecified atom stereocenters. The summed E-state index contributed by atoms with van der Waals surface area (Å²) in [6, 6.07) is 1.86. The molecule has 0 aromatic carbocycles. The van der Waals surface area contributed by atoms with Crippen molar-refractivity contribution >= 4 is 5.91 Å². The third kappa shape index (κ3) is 3.48. The predicted molar refractivity (Wildman–Crippen MR) is 97.8 cm³/mol. The zero-order valence-electron chi connectivity index (χ0n) is 16.0. The predicted octanol–water partition coefficient (Wildman–Crippen LogP) is 3.20. The molecule has 25 heavy (non-hydrogen) atoms. The second-order valence-electron chi connectivity index (χ2n) is 8.14. The smallest absolute Gasteiger partial charge is 0.259 e. The van der Waals surface area contributed by atoms with Crippen molar-refractivity contribution in [3.8, 4) is 5.82 Å². The molecule has 3 rings (SSSR count). The first kappa shape index (κ1) is 17.7. The summed E-state index contributed by atoms with van der Waals surface area (Å²) < 4.78 is 3.47. The molecule has 136 valence electrons. The first-order valence-corrected chi connectivity index (χ1v) is 9.12. The van der Waals surface area contributed by atoms with Gasteiger partial charge >= 0.3 is 0 Å². The zero-order chi connectivity index (χ0) is 18.2. The van der Waals surface area contributed by atoms with Gasteiger partial charge in [-0.15, -0.1) is 0 Å². The number of hydrogen-bond acceptors (Lipinski definition) is 3. The molecule has 6 nitrogen and oxygen atoms in total. The lowest BCUT2D eigenvalue weighted by atomic mass is 9.77. The van der Waals surface area contributed by atoms with E-state index in [4.69, 9.17) is 0 Å². The minimum Gasteiger partial charge on any atom is -0.338 e. The van der Waals surface area contributed by atoms with Gasteiger partial charge in [-0.1, -0.05) is 20.8 Å². The third-order valence-electron chi connectivity index (χ3n) is 5.37. The summed E-state index contributed by atoms with van der Waals surface area (Å²) in [6.07, 6.45) is 6.88. The van der Waals surface area contributed by atoms with Crippen LogP contribution in [-0.2, 0) is 7.05 Å². The normalized spacial score (nSPS) is 19.1. The summed E-state index contributed by atoms with van der Waals surface area (Å²) in [4.78, 5) is 15.3. The Morgan fingerprint density at radius 2 is 2.00 bits per heavy atom. The fraction of sp³-hybridized carbons (Fsp3) is 0.632. The largest absolute Gasteiger partial charge is 0.338 e. The molecular weight excluding hydrogens is 314 g/mol. The van der Waals surface area contributed by atoms with Crippen LogP contribution in [-0.4, -0.2) is 43.5 Å². The van der Waals surface area contributed by atoms with E-state index in [1.165, 1.54) is 6.42 Å². The summed E-state index contributed by atoms with van der Waals surface area (Å²) >= 11 is 0. The number of aryl methyl sites for hydroxylation is 2. The molecule has 2 aromatic heterocycles. The standard InChI is InChI=1S/C19H29N5O/c1-14-16(17(22(5)21-14)24-12-7-10-20-24)18(25)23-11-6-8-15(9-13-23)19(2,3)4/h7,10,12,15H,6,8-9,11,13H2,1-5H3/t15-/m0/s1. The molecule has 1 amide bonds. The van der Waals surface area contributed by atoms with Crippen molar-refractivity contribution in [1.82, 2.24) is 24.5 Å². The molecule has 0 aliphatic carbocycles. The molecule has 0 spiro atoms. The summed E-state index contributed by atoms with van der Waals surface area (Å²) in [5, 5.41) is 8.77. The van der Waals surface area contributed by atoms with Crippen molar-refractivity contribution in [3.63, 3.8) is 0 Å². The average molecular weight is 343 g/mol. The van der Waals surface area contributed by atoms with Crippen LogP contribution in [0.1, 0.15) is 56.1 Å². The Bertz CT molecular complexity index is 739. The molecule has 6 heteroatoms. The zero-order valence-corrected chi connectivity index (χ0v) is 16.0. The lowest BCUT2D eigenvalue weighted by Gasteiger charge is -2.29. The van der Waals surface area contributed by atoms with E-state index in [1.54, 1.807) is 15.6 Å². The van der Waals surface area contributed by atoms with Gasteiger partial charge in [0.05, 0.1) is 5.69 Å². The van der Waals surface area contributed by atoms with E-state index < -0.39 is 0 Å². The highest BCUT2D eigenvalue weighted by Crippen LogP contribution is 2.34. The minimum absolute atomic E-state index is 0.0747. The molecular formula is C19H29N5O. The van der Waals surface area contributed by atoms with E-state index >= 15 is 0 Å². The highest BCUT2D eigenvalue weighted by atomic mass is 16.2. The second-order valence-corrected chi connectivity index (χ2v) is 8.14. The molecule has 0 N–H and O–H groups in total. The Morgan fingerprint density at radius 1 is 1.24 bits per heavy atom. The van der Waals surface area contributed by atoms with E-state index in [0.717, 1.165) is 37.4 Å². The van der Waals surface area contributed by atoms with Crippen LogP contribution in [0.5, 0.6) is 0 Å². The highest BCUT2D eigenvalue weighted by Gasteiger charge is 2.31. The molecule has 0 saturated carbocycles. The fourth-order valence-corrected chi connectivity index (χ4v) is 3.88. The van der Waals surface area contributed by atoms with Crippen molar-refractivity contribution in [3.05, 3.63) is 29.7 Å². The van der Waals surface area contributed by atoms with Crippen LogP contribution in [0.15, 0.2) is 18.5 Å². The summed E-state index contributed by atoms with van der Waals surface area (Å²) in [5.74, 6) is 1.47. The third-order valence-corrected chi connectivity index (χ3v) is 5.37. The van der Waals surface area contributed by atoms with Crippen LogP contribution in [0.25, 0.3) is 5.82 Å². The SMILES string of the molecule is Cc1nn(C)c(-n2cccn2)c1C(=O)N1CCC[C@H](C(C)(C)C)CC1. The fourth-order valence-electron chi connectivity index (χ4n) is 3.88. The Hall–Kier alpha value is -2.11. The van der Waals surface area contributed by atoms with Gasteiger partial charge in [-0.05, 0) is 43.6 Å². The van der Waals surface area contributed by atoms with Gasteiger partial charge < -0.3 is 4.90 Å². The van der Waals surface area contributed by atoms with E-state index in [2.05, 4.69) is 31.0 Å². The Morgan fingerprint density at radius 3 is 2.64 bits per heavy atom. The van der Waals surface area contributed by atoms with Crippen molar-refractivity contribution in [2.45, 2.75) is 47.0 Å². The first-order chi connectivity index (χ1) is 11.8.